The van der Waals surface area contributed by atoms with Crippen molar-refractivity contribution >= 4 is 11.1 Å². The molecule has 0 aliphatic rings. The van der Waals surface area contributed by atoms with Crippen LogP contribution in [-0.4, -0.2) is 39.7 Å². The monoisotopic (exact) mass is 634 g/mol. The topological polar surface area (TPSA) is 103 Å². The number of hydrogen-bond donors (Lipinski definition) is 2. The number of ether oxygens (including phenoxy) is 3. The summed E-state index contributed by atoms with van der Waals surface area (Å²) < 4.78 is 107. The molecule has 2 N–H and O–H groups in total. The molecule has 1 heterocycles. The van der Waals surface area contributed by atoms with E-state index >= 15 is 0 Å². The number of aromatic amines is 1. The molecule has 0 aliphatic heterocycles. The number of benzene rings is 2. The zero-order chi connectivity index (χ0) is 33.1. The van der Waals surface area contributed by atoms with Gasteiger partial charge in [0.15, 0.2) is 17.6 Å². The molecule has 2 atom stereocenters. The molecule has 0 spiro atoms. The normalized spacial score (nSPS) is 14.2. The molecule has 0 radical (unpaired) electrons. The number of nitrogens with one attached hydrogen (secondary N) is 1. The molecule has 1 unspecified atom stereocenters. The van der Waals surface area contributed by atoms with E-state index in [4.69, 9.17) is 9.47 Å². The van der Waals surface area contributed by atoms with E-state index in [0.717, 1.165) is 0 Å². The second kappa shape index (κ2) is 13.2. The quantitative estimate of drug-likeness (QED) is 0.235. The summed E-state index contributed by atoms with van der Waals surface area (Å²) in [4.78, 5) is 27.0. The van der Waals surface area contributed by atoms with Crippen molar-refractivity contribution in [3.63, 3.8) is 0 Å². The molecule has 44 heavy (non-hydrogen) atoms. The van der Waals surface area contributed by atoms with Crippen molar-refractivity contribution in [2.24, 2.45) is 0 Å². The maximum Gasteiger partial charge on any atom is 0.416 e. The van der Waals surface area contributed by atoms with Crippen LogP contribution in [-0.2, 0) is 6.54 Å². The summed E-state index contributed by atoms with van der Waals surface area (Å²) in [5, 5.41) is 9.49. The van der Waals surface area contributed by atoms with Gasteiger partial charge in [0.1, 0.15) is 11.9 Å². The molecule has 8 nitrogen and oxygen atoms in total. The third-order valence-electron chi connectivity index (χ3n) is 6.67. The zero-order valence-corrected chi connectivity index (χ0v) is 24.1. The first-order valence-electron chi connectivity index (χ1n) is 13.0. The third-order valence-corrected chi connectivity index (χ3v) is 6.67. The van der Waals surface area contributed by atoms with Crippen molar-refractivity contribution in [1.29, 1.82) is 0 Å². The van der Waals surface area contributed by atoms with Crippen LogP contribution >= 0.6 is 0 Å². The Labute approximate surface area is 246 Å². The number of aliphatic hydroxyl groups excluding tert-OH is 1. The number of rotatable bonds is 11. The summed E-state index contributed by atoms with van der Waals surface area (Å²) in [7, 11) is 0. The van der Waals surface area contributed by atoms with E-state index in [0.29, 0.717) is 22.6 Å². The fourth-order valence-corrected chi connectivity index (χ4v) is 4.31. The van der Waals surface area contributed by atoms with Gasteiger partial charge in [-0.25, -0.2) is 4.79 Å². The van der Waals surface area contributed by atoms with Crippen molar-refractivity contribution < 1.29 is 50.1 Å². The average Bonchev–Trinajstić information content (AvgIpc) is 2.89. The number of halogens is 7. The van der Waals surface area contributed by atoms with E-state index in [9.17, 15) is 45.4 Å². The number of aromatic nitrogens is 2. The fourth-order valence-electron chi connectivity index (χ4n) is 4.31. The Morgan fingerprint density at radius 3 is 2.11 bits per heavy atom. The number of hydrogen-bond acceptors (Lipinski definition) is 6. The molecular weight excluding hydrogens is 605 g/mol. The molecule has 0 amide bonds. The second-order valence-electron chi connectivity index (χ2n) is 9.92. The van der Waals surface area contributed by atoms with Crippen LogP contribution in [0.15, 0.2) is 52.1 Å². The fraction of sp³-hybridized carbons (Fsp3) is 0.379. The molecule has 0 saturated carbocycles. The van der Waals surface area contributed by atoms with E-state index in [1.807, 2.05) is 4.98 Å². The number of aliphatic hydroxyl groups is 1. The number of H-pyrrole nitrogens is 1. The van der Waals surface area contributed by atoms with E-state index < -0.39 is 54.6 Å². The van der Waals surface area contributed by atoms with Gasteiger partial charge < -0.3 is 19.3 Å². The molecule has 0 aliphatic carbocycles. The lowest BCUT2D eigenvalue weighted by molar-refractivity contribution is -0.207. The van der Waals surface area contributed by atoms with Crippen LogP contribution in [0.2, 0.25) is 0 Å². The number of allylic oxidation sites excluding steroid dienone is 2. The van der Waals surface area contributed by atoms with Gasteiger partial charge in [0.05, 0.1) is 12.1 Å². The van der Waals surface area contributed by atoms with Crippen LogP contribution in [0, 0.1) is 6.92 Å². The molecular formula is C29H29F7N2O6. The number of alkyl halides is 7. The van der Waals surface area contributed by atoms with Crippen LogP contribution in [0.1, 0.15) is 56.2 Å². The van der Waals surface area contributed by atoms with Crippen LogP contribution in [0.4, 0.5) is 30.7 Å². The summed E-state index contributed by atoms with van der Waals surface area (Å²) in [5.41, 5.74) is -1.10. The average molecular weight is 635 g/mol. The third kappa shape index (κ3) is 8.42. The van der Waals surface area contributed by atoms with Gasteiger partial charge in [-0.2, -0.15) is 30.7 Å². The summed E-state index contributed by atoms with van der Waals surface area (Å²) in [6, 6.07) is 9.49. The van der Waals surface area contributed by atoms with Gasteiger partial charge in [0.25, 0.3) is 5.56 Å². The van der Waals surface area contributed by atoms with Crippen molar-refractivity contribution in [2.45, 2.75) is 72.3 Å². The predicted molar refractivity (Wildman–Crippen MR) is 146 cm³/mol. The molecule has 0 fully saturated rings. The van der Waals surface area contributed by atoms with Crippen molar-refractivity contribution in [3.05, 3.63) is 85.7 Å². The van der Waals surface area contributed by atoms with E-state index in [2.05, 4.69) is 4.74 Å². The lowest BCUT2D eigenvalue weighted by Crippen LogP contribution is -2.41. The molecule has 15 heteroatoms. The van der Waals surface area contributed by atoms with Gasteiger partial charge in [0.2, 0.25) is 0 Å². The van der Waals surface area contributed by atoms with Crippen molar-refractivity contribution in [1.82, 2.24) is 9.55 Å². The summed E-state index contributed by atoms with van der Waals surface area (Å²) in [6.07, 6.45) is -12.3. The molecule has 2 aromatic carbocycles. The molecule has 0 saturated heterocycles. The smallest absolute Gasteiger partial charge is 0.416 e. The van der Waals surface area contributed by atoms with Crippen molar-refractivity contribution in [3.8, 4) is 17.2 Å². The molecule has 240 valence electrons. The first kappa shape index (κ1) is 34.2. The van der Waals surface area contributed by atoms with Gasteiger partial charge >= 0.3 is 24.6 Å². The molecule has 1 aromatic heterocycles. The largest absolute Gasteiger partial charge is 0.482 e. The second-order valence-corrected chi connectivity index (χ2v) is 9.92. The molecule has 3 aromatic rings. The summed E-state index contributed by atoms with van der Waals surface area (Å²) in [5.74, 6) is -0.589. The van der Waals surface area contributed by atoms with E-state index in [-0.39, 0.29) is 33.9 Å². The highest BCUT2D eigenvalue weighted by Crippen LogP contribution is 2.38. The summed E-state index contributed by atoms with van der Waals surface area (Å²) >= 11 is 0. The first-order chi connectivity index (χ1) is 20.3. The Bertz CT molecular complexity index is 1620. The minimum atomic E-state index is -5.02. The Kier molecular flexibility index (Phi) is 10.2. The van der Waals surface area contributed by atoms with Gasteiger partial charge in [-0.1, -0.05) is 18.2 Å². The van der Waals surface area contributed by atoms with Crippen LogP contribution in [0.5, 0.6) is 17.2 Å². The Hall–Kier alpha value is -4.27. The first-order valence-corrected chi connectivity index (χ1v) is 13.0. The van der Waals surface area contributed by atoms with Gasteiger partial charge in [-0.15, -0.1) is 0 Å². The Morgan fingerprint density at radius 2 is 1.57 bits per heavy atom. The molecule has 0 bridgehead atoms. The van der Waals surface area contributed by atoms with E-state index in [1.54, 1.807) is 6.92 Å². The summed E-state index contributed by atoms with van der Waals surface area (Å²) in [6.45, 7) is 2.11. The van der Waals surface area contributed by atoms with Crippen LogP contribution in [0.3, 0.4) is 0 Å². The highest BCUT2D eigenvalue weighted by atomic mass is 19.4. The Morgan fingerprint density at radius 1 is 0.955 bits per heavy atom. The lowest BCUT2D eigenvalue weighted by atomic mass is 9.96. The standard InChI is InChI=1S/C29H29F7N2O6/c1-14(15(2)24-16(3)38(27(41)37-25(24)40)13-23(39)29(34,35)36)19-8-11-21(22(12-19)44-28(5,32)33)42-17(4)18-6-9-20(10-7-18)43-26(30)31/h6-12,17,23,26,39H,13H2,1-5H3,(H,37,40,41)/b15-14+/t17?,23-/m1/s1. The number of nitrogens with zero attached hydrogens (tertiary/aromatic N) is 1. The van der Waals surface area contributed by atoms with Gasteiger partial charge in [-0.05, 0) is 74.2 Å². The predicted octanol–water partition coefficient (Wildman–Crippen LogP) is 6.45. The highest BCUT2D eigenvalue weighted by molar-refractivity contribution is 5.89. The highest BCUT2D eigenvalue weighted by Gasteiger charge is 2.39. The lowest BCUT2D eigenvalue weighted by Gasteiger charge is -2.22. The maximum absolute atomic E-state index is 14.0. The van der Waals surface area contributed by atoms with Gasteiger partial charge in [-0.3, -0.25) is 14.3 Å². The molecule has 3 rings (SSSR count). The zero-order valence-electron chi connectivity index (χ0n) is 24.1. The minimum Gasteiger partial charge on any atom is -0.482 e. The van der Waals surface area contributed by atoms with Crippen molar-refractivity contribution in [2.75, 3.05) is 0 Å². The van der Waals surface area contributed by atoms with Crippen LogP contribution < -0.4 is 25.5 Å². The SMILES string of the molecule is C/C(=C(/C)c1c(C)n(C[C@@H](O)C(F)(F)F)c(=O)[nH]c1=O)c1ccc(OC(C)c2ccc(OC(F)F)cc2)c(OC(C)(F)F)c1. The Balaban J connectivity index is 2.03. The van der Waals surface area contributed by atoms with E-state index in [1.165, 1.54) is 63.2 Å². The van der Waals surface area contributed by atoms with Gasteiger partial charge in [0, 0.05) is 12.6 Å². The van der Waals surface area contributed by atoms with Crippen LogP contribution in [0.25, 0.3) is 11.1 Å². The maximum atomic E-state index is 14.0. The minimum absolute atomic E-state index is 0.0893.